The molecule has 0 bridgehead atoms. The number of halogens is 1. The zero-order chi connectivity index (χ0) is 16.2. The maximum atomic E-state index is 13.6. The molecule has 0 aliphatic carbocycles. The Kier molecular flexibility index (Phi) is 4.24. The van der Waals surface area contributed by atoms with Gasteiger partial charge >= 0.3 is 0 Å². The minimum atomic E-state index is -0.469. The van der Waals surface area contributed by atoms with Crippen molar-refractivity contribution in [3.63, 3.8) is 0 Å². The molecule has 0 saturated heterocycles. The molecule has 0 spiro atoms. The van der Waals surface area contributed by atoms with Crippen LogP contribution >= 0.6 is 0 Å². The van der Waals surface area contributed by atoms with Crippen LogP contribution in [0.15, 0.2) is 60.7 Å². The maximum absolute atomic E-state index is 13.6. The fraction of sp³-hybridized carbons (Fsp3) is 0.105. The highest BCUT2D eigenvalue weighted by molar-refractivity contribution is 5.95. The average molecular weight is 309 g/mol. The summed E-state index contributed by atoms with van der Waals surface area (Å²) >= 11 is 0. The quantitative estimate of drug-likeness (QED) is 0.785. The summed E-state index contributed by atoms with van der Waals surface area (Å²) < 4.78 is 18.5. The summed E-state index contributed by atoms with van der Waals surface area (Å²) in [6.45, 7) is 0. The minimum absolute atomic E-state index is 0.105. The van der Waals surface area contributed by atoms with Crippen LogP contribution < -0.4 is 10.1 Å². The molecule has 0 unspecified atom stereocenters. The third-order valence-electron chi connectivity index (χ3n) is 3.61. The lowest BCUT2D eigenvalue weighted by Gasteiger charge is -2.08. The predicted octanol–water partition coefficient (Wildman–Crippen LogP) is 4.17. The van der Waals surface area contributed by atoms with Crippen LogP contribution in [0.3, 0.4) is 0 Å². The van der Waals surface area contributed by atoms with E-state index in [1.807, 2.05) is 42.5 Å². The highest BCUT2D eigenvalue weighted by Gasteiger charge is 2.08. The Labute approximate surface area is 133 Å². The molecule has 23 heavy (non-hydrogen) atoms. The fourth-order valence-electron chi connectivity index (χ4n) is 2.48. The van der Waals surface area contributed by atoms with E-state index in [1.54, 1.807) is 6.07 Å². The van der Waals surface area contributed by atoms with E-state index in [2.05, 4.69) is 5.32 Å². The monoisotopic (exact) mass is 309 g/mol. The van der Waals surface area contributed by atoms with Gasteiger partial charge in [-0.2, -0.15) is 0 Å². The third kappa shape index (κ3) is 3.48. The van der Waals surface area contributed by atoms with Gasteiger partial charge in [0.25, 0.3) is 0 Å². The van der Waals surface area contributed by atoms with Gasteiger partial charge in [0.1, 0.15) is 0 Å². The zero-order valence-corrected chi connectivity index (χ0v) is 12.7. The van der Waals surface area contributed by atoms with Gasteiger partial charge in [-0.3, -0.25) is 4.79 Å². The lowest BCUT2D eigenvalue weighted by atomic mass is 10.1. The SMILES string of the molecule is COc1ccc(CC(=O)Nc2ccc3ccccc3c2)cc1F. The molecule has 0 radical (unpaired) electrons. The van der Waals surface area contributed by atoms with Crippen molar-refractivity contribution in [1.82, 2.24) is 0 Å². The molecular formula is C19H16FNO2. The first-order valence-electron chi connectivity index (χ1n) is 7.27. The van der Waals surface area contributed by atoms with Gasteiger partial charge in [0.2, 0.25) is 5.91 Å². The van der Waals surface area contributed by atoms with E-state index >= 15 is 0 Å². The molecule has 1 amide bonds. The highest BCUT2D eigenvalue weighted by Crippen LogP contribution is 2.20. The number of carbonyl (C=O) groups is 1. The number of anilines is 1. The molecule has 0 heterocycles. The normalized spacial score (nSPS) is 10.5. The van der Waals surface area contributed by atoms with E-state index in [0.717, 1.165) is 16.5 Å². The largest absolute Gasteiger partial charge is 0.494 e. The van der Waals surface area contributed by atoms with E-state index < -0.39 is 5.82 Å². The van der Waals surface area contributed by atoms with Gasteiger partial charge < -0.3 is 10.1 Å². The van der Waals surface area contributed by atoms with E-state index in [-0.39, 0.29) is 18.1 Å². The minimum Gasteiger partial charge on any atom is -0.494 e. The van der Waals surface area contributed by atoms with Crippen LogP contribution in [0.5, 0.6) is 5.75 Å². The number of hydrogen-bond donors (Lipinski definition) is 1. The Bertz CT molecular complexity index is 861. The van der Waals surface area contributed by atoms with Gasteiger partial charge in [0.15, 0.2) is 11.6 Å². The van der Waals surface area contributed by atoms with Crippen LogP contribution in [0.25, 0.3) is 10.8 Å². The Morgan fingerprint density at radius 3 is 2.57 bits per heavy atom. The molecule has 3 aromatic rings. The predicted molar refractivity (Wildman–Crippen MR) is 89.2 cm³/mol. The van der Waals surface area contributed by atoms with Crippen LogP contribution in [0.4, 0.5) is 10.1 Å². The van der Waals surface area contributed by atoms with Crippen molar-refractivity contribution in [3.8, 4) is 5.75 Å². The van der Waals surface area contributed by atoms with Crippen molar-refractivity contribution >= 4 is 22.4 Å². The van der Waals surface area contributed by atoms with Gasteiger partial charge in [0.05, 0.1) is 13.5 Å². The Morgan fingerprint density at radius 1 is 1.04 bits per heavy atom. The van der Waals surface area contributed by atoms with Crippen molar-refractivity contribution in [3.05, 3.63) is 72.0 Å². The molecule has 116 valence electrons. The lowest BCUT2D eigenvalue weighted by Crippen LogP contribution is -2.14. The number of ether oxygens (including phenoxy) is 1. The summed E-state index contributed by atoms with van der Waals surface area (Å²) in [5.74, 6) is -0.489. The molecule has 3 rings (SSSR count). The summed E-state index contributed by atoms with van der Waals surface area (Å²) in [5.41, 5.74) is 1.32. The molecule has 3 aromatic carbocycles. The number of rotatable bonds is 4. The number of amides is 1. The van der Waals surface area contributed by atoms with E-state index in [0.29, 0.717) is 5.56 Å². The van der Waals surface area contributed by atoms with E-state index in [1.165, 1.54) is 19.2 Å². The van der Waals surface area contributed by atoms with Gasteiger partial charge in [-0.1, -0.05) is 36.4 Å². The molecule has 0 aromatic heterocycles. The summed E-state index contributed by atoms with van der Waals surface area (Å²) in [5, 5.41) is 5.01. The molecule has 0 aliphatic heterocycles. The third-order valence-corrected chi connectivity index (χ3v) is 3.61. The van der Waals surface area contributed by atoms with Crippen molar-refractivity contribution in [2.75, 3.05) is 12.4 Å². The molecule has 0 saturated carbocycles. The average Bonchev–Trinajstić information content (AvgIpc) is 2.55. The first kappa shape index (κ1) is 15.0. The van der Waals surface area contributed by atoms with Gasteiger partial charge in [-0.05, 0) is 40.6 Å². The molecule has 3 nitrogen and oxygen atoms in total. The van der Waals surface area contributed by atoms with Crippen molar-refractivity contribution in [1.29, 1.82) is 0 Å². The number of fused-ring (bicyclic) bond motifs is 1. The van der Waals surface area contributed by atoms with Gasteiger partial charge in [-0.15, -0.1) is 0 Å². The molecule has 4 heteroatoms. The smallest absolute Gasteiger partial charge is 0.228 e. The van der Waals surface area contributed by atoms with Crippen LogP contribution in [-0.4, -0.2) is 13.0 Å². The number of methoxy groups -OCH3 is 1. The Hall–Kier alpha value is -2.88. The van der Waals surface area contributed by atoms with Gasteiger partial charge in [-0.25, -0.2) is 4.39 Å². The second-order valence-corrected chi connectivity index (χ2v) is 5.26. The number of hydrogen-bond acceptors (Lipinski definition) is 2. The summed E-state index contributed by atoms with van der Waals surface area (Å²) in [4.78, 5) is 12.1. The fourth-order valence-corrected chi connectivity index (χ4v) is 2.48. The first-order chi connectivity index (χ1) is 11.2. The zero-order valence-electron chi connectivity index (χ0n) is 12.7. The molecule has 1 N–H and O–H groups in total. The van der Waals surface area contributed by atoms with Crippen LogP contribution in [0.1, 0.15) is 5.56 Å². The summed E-state index contributed by atoms with van der Waals surface area (Å²) in [7, 11) is 1.41. The van der Waals surface area contributed by atoms with E-state index in [9.17, 15) is 9.18 Å². The van der Waals surface area contributed by atoms with Crippen molar-refractivity contribution in [2.45, 2.75) is 6.42 Å². The maximum Gasteiger partial charge on any atom is 0.228 e. The summed E-state index contributed by atoms with van der Waals surface area (Å²) in [6.07, 6.45) is 0.105. The second-order valence-electron chi connectivity index (χ2n) is 5.26. The summed E-state index contributed by atoms with van der Waals surface area (Å²) in [6, 6.07) is 18.2. The van der Waals surface area contributed by atoms with Crippen LogP contribution in [0, 0.1) is 5.82 Å². The topological polar surface area (TPSA) is 38.3 Å². The van der Waals surface area contributed by atoms with Gasteiger partial charge in [0, 0.05) is 5.69 Å². The molecule has 0 atom stereocenters. The Morgan fingerprint density at radius 2 is 1.83 bits per heavy atom. The van der Waals surface area contributed by atoms with Crippen molar-refractivity contribution in [2.24, 2.45) is 0 Å². The first-order valence-corrected chi connectivity index (χ1v) is 7.27. The Balaban J connectivity index is 1.71. The second kappa shape index (κ2) is 6.48. The highest BCUT2D eigenvalue weighted by atomic mass is 19.1. The molecule has 0 fully saturated rings. The van der Waals surface area contributed by atoms with Crippen LogP contribution in [-0.2, 0) is 11.2 Å². The number of carbonyl (C=O) groups excluding carboxylic acids is 1. The lowest BCUT2D eigenvalue weighted by molar-refractivity contribution is -0.115. The molecular weight excluding hydrogens is 293 g/mol. The van der Waals surface area contributed by atoms with Crippen molar-refractivity contribution < 1.29 is 13.9 Å². The van der Waals surface area contributed by atoms with Crippen LogP contribution in [0.2, 0.25) is 0 Å². The standard InChI is InChI=1S/C19H16FNO2/c1-23-18-9-6-13(10-17(18)20)11-19(22)21-16-8-7-14-4-2-3-5-15(14)12-16/h2-10,12H,11H2,1H3,(H,21,22). The number of benzene rings is 3. The molecule has 0 aliphatic rings. The number of nitrogens with one attached hydrogen (secondary N) is 1. The van der Waals surface area contributed by atoms with E-state index in [4.69, 9.17) is 4.74 Å².